The van der Waals surface area contributed by atoms with Crippen LogP contribution in [0.1, 0.15) is 19.3 Å². The zero-order valence-corrected chi connectivity index (χ0v) is 8.00. The standard InChI is InChI=1S/C8H8BrNO2/c9-8-6(11)3-5(1-2-10)4-7(8)12/h5,8H,1,3-4H2. The molecule has 3 nitrogen and oxygen atoms in total. The lowest BCUT2D eigenvalue weighted by atomic mass is 9.86. The fourth-order valence-corrected chi connectivity index (χ4v) is 1.67. The highest BCUT2D eigenvalue weighted by molar-refractivity contribution is 9.10. The number of carbonyl (C=O) groups is 2. The van der Waals surface area contributed by atoms with Crippen molar-refractivity contribution in [2.75, 3.05) is 0 Å². The summed E-state index contributed by atoms with van der Waals surface area (Å²) in [6.45, 7) is 0. The Morgan fingerprint density at radius 2 is 1.92 bits per heavy atom. The van der Waals surface area contributed by atoms with Crippen LogP contribution < -0.4 is 0 Å². The van der Waals surface area contributed by atoms with E-state index in [9.17, 15) is 9.59 Å². The number of nitriles is 1. The van der Waals surface area contributed by atoms with Crippen LogP contribution in [0, 0.1) is 17.2 Å². The minimum Gasteiger partial charge on any atom is -0.298 e. The van der Waals surface area contributed by atoms with E-state index in [1.165, 1.54) is 0 Å². The highest BCUT2D eigenvalue weighted by Crippen LogP contribution is 2.25. The fraction of sp³-hybridized carbons (Fsp3) is 0.625. The molecule has 1 fully saturated rings. The maximum absolute atomic E-state index is 11.1. The van der Waals surface area contributed by atoms with E-state index >= 15 is 0 Å². The first-order valence-electron chi connectivity index (χ1n) is 3.71. The molecule has 4 heteroatoms. The second kappa shape index (κ2) is 3.81. The van der Waals surface area contributed by atoms with Crippen molar-refractivity contribution < 1.29 is 9.59 Å². The van der Waals surface area contributed by atoms with Gasteiger partial charge in [0.25, 0.3) is 0 Å². The van der Waals surface area contributed by atoms with E-state index in [1.807, 2.05) is 6.07 Å². The molecule has 0 aromatic heterocycles. The summed E-state index contributed by atoms with van der Waals surface area (Å²) in [6, 6.07) is 1.97. The average Bonchev–Trinajstić information content (AvgIpc) is 2.01. The number of Topliss-reactive ketones (excluding diaryl/α,β-unsaturated/α-hetero) is 2. The maximum Gasteiger partial charge on any atom is 0.154 e. The van der Waals surface area contributed by atoms with E-state index in [-0.39, 0.29) is 17.5 Å². The second-order valence-electron chi connectivity index (χ2n) is 2.93. The van der Waals surface area contributed by atoms with Gasteiger partial charge in [0, 0.05) is 19.3 Å². The Morgan fingerprint density at radius 1 is 1.42 bits per heavy atom. The van der Waals surface area contributed by atoms with Gasteiger partial charge in [-0.1, -0.05) is 15.9 Å². The van der Waals surface area contributed by atoms with Crippen molar-refractivity contribution in [2.24, 2.45) is 5.92 Å². The van der Waals surface area contributed by atoms with Crippen molar-refractivity contribution in [1.29, 1.82) is 5.26 Å². The molecule has 1 rings (SSSR count). The van der Waals surface area contributed by atoms with E-state index < -0.39 is 4.83 Å². The summed E-state index contributed by atoms with van der Waals surface area (Å²) in [4.78, 5) is 21.6. The molecular weight excluding hydrogens is 222 g/mol. The first kappa shape index (κ1) is 9.40. The van der Waals surface area contributed by atoms with Crippen molar-refractivity contribution in [3.05, 3.63) is 0 Å². The van der Waals surface area contributed by atoms with Gasteiger partial charge in [-0.05, 0) is 5.92 Å². The minimum atomic E-state index is -0.618. The van der Waals surface area contributed by atoms with Crippen LogP contribution in [0.3, 0.4) is 0 Å². The molecule has 1 saturated carbocycles. The number of hydrogen-bond donors (Lipinski definition) is 0. The Morgan fingerprint density at radius 3 is 2.33 bits per heavy atom. The first-order chi connectivity index (χ1) is 5.65. The quantitative estimate of drug-likeness (QED) is 0.502. The van der Waals surface area contributed by atoms with E-state index in [1.54, 1.807) is 0 Å². The smallest absolute Gasteiger partial charge is 0.154 e. The summed E-state index contributed by atoms with van der Waals surface area (Å²) < 4.78 is 0. The maximum atomic E-state index is 11.1. The topological polar surface area (TPSA) is 57.9 Å². The highest BCUT2D eigenvalue weighted by Gasteiger charge is 2.33. The molecule has 64 valence electrons. The Hall–Kier alpha value is -0.690. The van der Waals surface area contributed by atoms with Crippen molar-refractivity contribution in [3.63, 3.8) is 0 Å². The number of ketones is 2. The van der Waals surface area contributed by atoms with E-state index in [0.717, 1.165) is 0 Å². The Bertz CT molecular complexity index is 238. The van der Waals surface area contributed by atoms with Crippen molar-refractivity contribution >= 4 is 27.5 Å². The summed E-state index contributed by atoms with van der Waals surface area (Å²) in [7, 11) is 0. The molecule has 0 N–H and O–H groups in total. The molecule has 0 aliphatic heterocycles. The SMILES string of the molecule is N#CCC1CC(=O)C(Br)C(=O)C1. The van der Waals surface area contributed by atoms with Crippen LogP contribution in [0.4, 0.5) is 0 Å². The predicted octanol–water partition coefficient (Wildman–Crippen LogP) is 1.21. The molecule has 0 bridgehead atoms. The van der Waals surface area contributed by atoms with E-state index in [0.29, 0.717) is 19.3 Å². The molecule has 0 unspecified atom stereocenters. The van der Waals surface area contributed by atoms with Gasteiger partial charge >= 0.3 is 0 Å². The third-order valence-electron chi connectivity index (χ3n) is 1.93. The molecule has 1 aliphatic rings. The first-order valence-corrected chi connectivity index (χ1v) is 4.63. The molecule has 0 aromatic carbocycles. The van der Waals surface area contributed by atoms with Gasteiger partial charge in [-0.2, -0.15) is 5.26 Å². The third-order valence-corrected chi connectivity index (χ3v) is 2.95. The van der Waals surface area contributed by atoms with Crippen LogP contribution in [0.2, 0.25) is 0 Å². The van der Waals surface area contributed by atoms with Gasteiger partial charge in [0.15, 0.2) is 11.6 Å². The molecule has 12 heavy (non-hydrogen) atoms. The molecule has 0 heterocycles. The van der Waals surface area contributed by atoms with Gasteiger partial charge in [0.1, 0.15) is 4.83 Å². The Labute approximate surface area is 78.9 Å². The van der Waals surface area contributed by atoms with Crippen LogP contribution in [-0.2, 0) is 9.59 Å². The number of halogens is 1. The van der Waals surface area contributed by atoms with Gasteiger partial charge in [-0.25, -0.2) is 0 Å². The molecule has 0 atom stereocenters. The van der Waals surface area contributed by atoms with Gasteiger partial charge in [0.2, 0.25) is 0 Å². The summed E-state index contributed by atoms with van der Waals surface area (Å²) >= 11 is 3.02. The summed E-state index contributed by atoms with van der Waals surface area (Å²) in [5.74, 6) is -0.234. The lowest BCUT2D eigenvalue weighted by Gasteiger charge is -2.20. The molecule has 0 saturated heterocycles. The van der Waals surface area contributed by atoms with E-state index in [4.69, 9.17) is 5.26 Å². The number of alkyl halides is 1. The number of nitrogens with zero attached hydrogens (tertiary/aromatic N) is 1. The fourth-order valence-electron chi connectivity index (χ4n) is 1.30. The number of rotatable bonds is 1. The zero-order valence-electron chi connectivity index (χ0n) is 6.42. The Kier molecular flexibility index (Phi) is 2.99. The van der Waals surface area contributed by atoms with Crippen LogP contribution in [-0.4, -0.2) is 16.4 Å². The summed E-state index contributed by atoms with van der Waals surface area (Å²) in [5.41, 5.74) is 0. The summed E-state index contributed by atoms with van der Waals surface area (Å²) in [5, 5.41) is 8.37. The van der Waals surface area contributed by atoms with Crippen molar-refractivity contribution in [2.45, 2.75) is 24.1 Å². The zero-order chi connectivity index (χ0) is 9.14. The molecular formula is C8H8BrNO2. The van der Waals surface area contributed by atoms with E-state index in [2.05, 4.69) is 15.9 Å². The van der Waals surface area contributed by atoms with Crippen LogP contribution >= 0.6 is 15.9 Å². The monoisotopic (exact) mass is 229 g/mol. The minimum absolute atomic E-state index is 0.0520. The van der Waals surface area contributed by atoms with Gasteiger partial charge in [0.05, 0.1) is 6.07 Å². The van der Waals surface area contributed by atoms with Crippen LogP contribution in [0.15, 0.2) is 0 Å². The van der Waals surface area contributed by atoms with Crippen molar-refractivity contribution in [3.8, 4) is 6.07 Å². The predicted molar refractivity (Wildman–Crippen MR) is 45.7 cm³/mol. The van der Waals surface area contributed by atoms with Crippen LogP contribution in [0.5, 0.6) is 0 Å². The lowest BCUT2D eigenvalue weighted by Crippen LogP contribution is -2.33. The molecule has 0 radical (unpaired) electrons. The molecule has 1 aliphatic carbocycles. The van der Waals surface area contributed by atoms with Gasteiger partial charge < -0.3 is 0 Å². The lowest BCUT2D eigenvalue weighted by molar-refractivity contribution is -0.130. The third kappa shape index (κ3) is 1.92. The number of hydrogen-bond acceptors (Lipinski definition) is 3. The van der Waals surface area contributed by atoms with Gasteiger partial charge in [-0.15, -0.1) is 0 Å². The Balaban J connectivity index is 2.61. The molecule has 0 aromatic rings. The second-order valence-corrected chi connectivity index (χ2v) is 3.85. The average molecular weight is 230 g/mol. The summed E-state index contributed by atoms with van der Waals surface area (Å²) in [6.07, 6.45) is 1.02. The molecule has 0 spiro atoms. The highest BCUT2D eigenvalue weighted by atomic mass is 79.9. The largest absolute Gasteiger partial charge is 0.298 e. The van der Waals surface area contributed by atoms with Crippen molar-refractivity contribution in [1.82, 2.24) is 0 Å². The normalized spacial score (nSPS) is 30.0. The van der Waals surface area contributed by atoms with Crippen LogP contribution in [0.25, 0.3) is 0 Å². The van der Waals surface area contributed by atoms with Gasteiger partial charge in [-0.3, -0.25) is 9.59 Å². The molecule has 0 amide bonds. The number of carbonyl (C=O) groups excluding carboxylic acids is 2.